The molecule has 0 fully saturated rings. The van der Waals surface area contributed by atoms with E-state index < -0.39 is 0 Å². The highest BCUT2D eigenvalue weighted by Gasteiger charge is 2.04. The molecule has 0 saturated carbocycles. The Morgan fingerprint density at radius 1 is 0.760 bits per heavy atom. The Hall–Kier alpha value is -2.00. The van der Waals surface area contributed by atoms with E-state index in [2.05, 4.69) is 4.99 Å². The van der Waals surface area contributed by atoms with Crippen molar-refractivity contribution >= 4 is 51.8 Å². The second kappa shape index (κ2) is 8.91. The van der Waals surface area contributed by atoms with Crippen molar-refractivity contribution in [1.82, 2.24) is 0 Å². The smallest absolute Gasteiger partial charge is 0.0629 e. The van der Waals surface area contributed by atoms with Gasteiger partial charge in [0.1, 0.15) is 0 Å². The van der Waals surface area contributed by atoms with Crippen LogP contribution in [-0.2, 0) is 0 Å². The van der Waals surface area contributed by atoms with Gasteiger partial charge in [0, 0.05) is 26.1 Å². The van der Waals surface area contributed by atoms with Crippen molar-refractivity contribution in [2.45, 2.75) is 4.90 Å². The van der Waals surface area contributed by atoms with Gasteiger partial charge in [-0.2, -0.15) is 0 Å². The summed E-state index contributed by atoms with van der Waals surface area (Å²) < 4.78 is 0. The molecule has 0 spiro atoms. The van der Waals surface area contributed by atoms with Gasteiger partial charge in [-0.3, -0.25) is 4.99 Å². The summed E-state index contributed by atoms with van der Waals surface area (Å²) in [5.74, 6) is 0. The van der Waals surface area contributed by atoms with Gasteiger partial charge in [0.05, 0.1) is 5.69 Å². The zero-order chi connectivity index (χ0) is 17.5. The number of rotatable bonds is 5. The zero-order valence-electron chi connectivity index (χ0n) is 13.3. The SMILES string of the molecule is Clc1ccc(S/C(=C/C=Nc2ccccc2)c2ccc(Cl)cc2)cc1. The molecular weight excluding hydrogens is 369 g/mol. The number of para-hydroxylation sites is 1. The standard InChI is InChI=1S/C21H15Cl2NS/c22-17-8-6-16(7-9-17)21(25-20-12-10-18(23)11-13-20)14-15-24-19-4-2-1-3-5-19/h1-15H/b21-14+,24-15?. The minimum atomic E-state index is 0.720. The molecular formula is C21H15Cl2NS. The molecule has 0 atom stereocenters. The number of hydrogen-bond donors (Lipinski definition) is 0. The average Bonchev–Trinajstić information content (AvgIpc) is 2.64. The third-order valence-corrected chi connectivity index (χ3v) is 4.98. The van der Waals surface area contributed by atoms with Gasteiger partial charge in [-0.1, -0.05) is 65.3 Å². The summed E-state index contributed by atoms with van der Waals surface area (Å²) in [5, 5.41) is 1.45. The molecule has 0 N–H and O–H groups in total. The molecule has 0 radical (unpaired) electrons. The van der Waals surface area contributed by atoms with Crippen LogP contribution >= 0.6 is 35.0 Å². The minimum Gasteiger partial charge on any atom is -0.257 e. The molecule has 0 amide bonds. The molecule has 0 aromatic heterocycles. The van der Waals surface area contributed by atoms with Crippen molar-refractivity contribution in [1.29, 1.82) is 0 Å². The molecule has 4 heteroatoms. The lowest BCUT2D eigenvalue weighted by molar-refractivity contribution is 1.47. The number of hydrogen-bond acceptors (Lipinski definition) is 2. The summed E-state index contributed by atoms with van der Waals surface area (Å²) in [7, 11) is 0. The molecule has 3 aromatic carbocycles. The Morgan fingerprint density at radius 3 is 2.00 bits per heavy atom. The molecule has 124 valence electrons. The summed E-state index contributed by atoms with van der Waals surface area (Å²) in [4.78, 5) is 6.67. The van der Waals surface area contributed by atoms with E-state index in [4.69, 9.17) is 23.2 Å². The largest absolute Gasteiger partial charge is 0.257 e. The van der Waals surface area contributed by atoms with Gasteiger partial charge in [0.25, 0.3) is 0 Å². The molecule has 0 bridgehead atoms. The second-order valence-corrected chi connectivity index (χ2v) is 7.20. The van der Waals surface area contributed by atoms with Crippen molar-refractivity contribution in [3.05, 3.63) is 101 Å². The first-order chi connectivity index (χ1) is 12.2. The van der Waals surface area contributed by atoms with E-state index in [0.29, 0.717) is 0 Å². The fourth-order valence-electron chi connectivity index (χ4n) is 2.14. The molecule has 0 heterocycles. The Bertz CT molecular complexity index is 870. The molecule has 3 aromatic rings. The second-order valence-electron chi connectivity index (χ2n) is 5.21. The van der Waals surface area contributed by atoms with E-state index in [9.17, 15) is 0 Å². The van der Waals surface area contributed by atoms with Gasteiger partial charge in [-0.05, 0) is 60.2 Å². The van der Waals surface area contributed by atoms with Gasteiger partial charge in [-0.25, -0.2) is 0 Å². The van der Waals surface area contributed by atoms with Crippen molar-refractivity contribution in [3.63, 3.8) is 0 Å². The van der Waals surface area contributed by atoms with E-state index >= 15 is 0 Å². The maximum atomic E-state index is 6.01. The number of nitrogens with zero attached hydrogens (tertiary/aromatic N) is 1. The van der Waals surface area contributed by atoms with Crippen LogP contribution in [0.15, 0.2) is 94.8 Å². The number of halogens is 2. The Morgan fingerprint density at radius 2 is 1.36 bits per heavy atom. The molecule has 0 aliphatic heterocycles. The fraction of sp³-hybridized carbons (Fsp3) is 0. The highest BCUT2D eigenvalue weighted by Crippen LogP contribution is 2.35. The van der Waals surface area contributed by atoms with Crippen LogP contribution in [0.5, 0.6) is 0 Å². The highest BCUT2D eigenvalue weighted by molar-refractivity contribution is 8.08. The van der Waals surface area contributed by atoms with Crippen LogP contribution in [0.4, 0.5) is 5.69 Å². The van der Waals surface area contributed by atoms with Crippen LogP contribution in [0.2, 0.25) is 10.0 Å². The van der Waals surface area contributed by atoms with Crippen molar-refractivity contribution in [3.8, 4) is 0 Å². The summed E-state index contributed by atoms with van der Waals surface area (Å²) in [6.07, 6.45) is 3.83. The van der Waals surface area contributed by atoms with E-state index in [0.717, 1.165) is 31.1 Å². The molecule has 0 aliphatic carbocycles. The lowest BCUT2D eigenvalue weighted by Gasteiger charge is -2.07. The Balaban J connectivity index is 1.88. The quantitative estimate of drug-likeness (QED) is 0.327. The molecule has 0 saturated heterocycles. The predicted octanol–water partition coefficient (Wildman–Crippen LogP) is 7.53. The van der Waals surface area contributed by atoms with Crippen molar-refractivity contribution < 1.29 is 0 Å². The van der Waals surface area contributed by atoms with Crippen LogP contribution in [0, 0.1) is 0 Å². The van der Waals surface area contributed by atoms with Gasteiger partial charge < -0.3 is 0 Å². The third-order valence-electron chi connectivity index (χ3n) is 3.38. The molecule has 0 aliphatic rings. The first-order valence-electron chi connectivity index (χ1n) is 7.69. The van der Waals surface area contributed by atoms with E-state index in [1.807, 2.05) is 91.2 Å². The van der Waals surface area contributed by atoms with E-state index in [1.165, 1.54) is 0 Å². The van der Waals surface area contributed by atoms with Gasteiger partial charge in [-0.15, -0.1) is 0 Å². The first-order valence-corrected chi connectivity index (χ1v) is 9.27. The summed E-state index contributed by atoms with van der Waals surface area (Å²) in [6.45, 7) is 0. The number of aliphatic imine (C=N–C) groups is 1. The number of allylic oxidation sites excluding steroid dienone is 1. The highest BCUT2D eigenvalue weighted by atomic mass is 35.5. The van der Waals surface area contributed by atoms with Crippen molar-refractivity contribution in [2.75, 3.05) is 0 Å². The lowest BCUT2D eigenvalue weighted by Crippen LogP contribution is -1.82. The average molecular weight is 384 g/mol. The first kappa shape index (κ1) is 17.8. The van der Waals surface area contributed by atoms with Crippen LogP contribution in [-0.4, -0.2) is 6.21 Å². The zero-order valence-corrected chi connectivity index (χ0v) is 15.6. The van der Waals surface area contributed by atoms with Crippen LogP contribution in [0.3, 0.4) is 0 Å². The van der Waals surface area contributed by atoms with Gasteiger partial charge in [0.15, 0.2) is 0 Å². The molecule has 1 nitrogen and oxygen atoms in total. The molecule has 3 rings (SSSR count). The van der Waals surface area contributed by atoms with Gasteiger partial charge >= 0.3 is 0 Å². The van der Waals surface area contributed by atoms with Crippen LogP contribution in [0.1, 0.15) is 5.56 Å². The fourth-order valence-corrected chi connectivity index (χ4v) is 3.30. The third kappa shape index (κ3) is 5.50. The summed E-state index contributed by atoms with van der Waals surface area (Å²) >= 11 is 13.6. The Kier molecular flexibility index (Phi) is 6.35. The van der Waals surface area contributed by atoms with E-state index in [-0.39, 0.29) is 0 Å². The molecule has 25 heavy (non-hydrogen) atoms. The van der Waals surface area contributed by atoms with Crippen molar-refractivity contribution in [2.24, 2.45) is 4.99 Å². The van der Waals surface area contributed by atoms with Crippen LogP contribution in [0.25, 0.3) is 4.91 Å². The monoisotopic (exact) mass is 383 g/mol. The maximum Gasteiger partial charge on any atom is 0.0629 e. The Labute approximate surface area is 162 Å². The minimum absolute atomic E-state index is 0.720. The maximum absolute atomic E-state index is 6.01. The summed E-state index contributed by atoms with van der Waals surface area (Å²) in [5.41, 5.74) is 2.01. The number of thioether (sulfide) groups is 1. The molecule has 0 unspecified atom stereocenters. The van der Waals surface area contributed by atoms with Gasteiger partial charge in [0.2, 0.25) is 0 Å². The summed E-state index contributed by atoms with van der Waals surface area (Å²) in [6, 6.07) is 25.4. The van der Waals surface area contributed by atoms with Crippen LogP contribution < -0.4 is 0 Å². The predicted molar refractivity (Wildman–Crippen MR) is 111 cm³/mol. The lowest BCUT2D eigenvalue weighted by atomic mass is 10.2. The normalized spacial score (nSPS) is 11.8. The number of benzene rings is 3. The van der Waals surface area contributed by atoms with E-state index in [1.54, 1.807) is 11.8 Å². The topological polar surface area (TPSA) is 12.4 Å².